The molecule has 0 aliphatic carbocycles. The molecule has 1 fully saturated rings. The highest BCUT2D eigenvalue weighted by Gasteiger charge is 2.24. The first kappa shape index (κ1) is 17.1. The monoisotopic (exact) mass is 370 g/mol. The van der Waals surface area contributed by atoms with Crippen molar-refractivity contribution in [3.8, 4) is 11.5 Å². The van der Waals surface area contributed by atoms with E-state index in [1.165, 1.54) is 0 Å². The van der Waals surface area contributed by atoms with Crippen LogP contribution in [0, 0.1) is 5.92 Å². The van der Waals surface area contributed by atoms with Gasteiger partial charge >= 0.3 is 0 Å². The summed E-state index contributed by atoms with van der Waals surface area (Å²) in [5.41, 5.74) is 0.601. The number of methoxy groups -OCH3 is 2. The van der Waals surface area contributed by atoms with Crippen molar-refractivity contribution in [3.63, 3.8) is 0 Å². The van der Waals surface area contributed by atoms with Gasteiger partial charge in [0.1, 0.15) is 16.0 Å². The van der Waals surface area contributed by atoms with Gasteiger partial charge in [-0.2, -0.15) is 0 Å². The molecule has 5 nitrogen and oxygen atoms in total. The molecule has 122 valence electrons. The molecule has 1 amide bonds. The van der Waals surface area contributed by atoms with E-state index in [9.17, 15) is 4.79 Å². The maximum atomic E-state index is 12.7. The highest BCUT2D eigenvalue weighted by atomic mass is 79.9. The quantitative estimate of drug-likeness (QED) is 0.865. The summed E-state index contributed by atoms with van der Waals surface area (Å²) >= 11 is 3.42. The van der Waals surface area contributed by atoms with Crippen LogP contribution < -0.4 is 14.8 Å². The molecule has 2 rings (SSSR count). The van der Waals surface area contributed by atoms with E-state index in [0.29, 0.717) is 23.0 Å². The standard InChI is InChI=1S/C16H23BrN2O3/c1-18-10-11-4-6-19(7-5-11)16(20)12-8-13(21-2)15(17)14(9-12)22-3/h8-9,11,18H,4-7,10H2,1-3H3. The fourth-order valence-corrected chi connectivity index (χ4v) is 3.36. The van der Waals surface area contributed by atoms with E-state index in [2.05, 4.69) is 21.2 Å². The summed E-state index contributed by atoms with van der Waals surface area (Å²) in [6, 6.07) is 3.52. The first-order chi connectivity index (χ1) is 10.6. The van der Waals surface area contributed by atoms with Crippen LogP contribution in [0.3, 0.4) is 0 Å². The zero-order chi connectivity index (χ0) is 16.1. The minimum absolute atomic E-state index is 0.0343. The number of likely N-dealkylation sites (tertiary alicyclic amines) is 1. The lowest BCUT2D eigenvalue weighted by Gasteiger charge is -2.32. The normalized spacial score (nSPS) is 15.7. The maximum Gasteiger partial charge on any atom is 0.254 e. The van der Waals surface area contributed by atoms with E-state index in [4.69, 9.17) is 9.47 Å². The zero-order valence-corrected chi connectivity index (χ0v) is 14.9. The summed E-state index contributed by atoms with van der Waals surface area (Å²) in [6.45, 7) is 2.61. The Morgan fingerprint density at radius 2 is 1.82 bits per heavy atom. The van der Waals surface area contributed by atoms with Gasteiger partial charge in [0, 0.05) is 18.7 Å². The molecule has 0 saturated carbocycles. The number of carbonyl (C=O) groups is 1. The second-order valence-electron chi connectivity index (χ2n) is 5.49. The van der Waals surface area contributed by atoms with Crippen molar-refractivity contribution in [2.75, 3.05) is 40.9 Å². The number of piperidine rings is 1. The third kappa shape index (κ3) is 3.73. The van der Waals surface area contributed by atoms with Gasteiger partial charge in [0.05, 0.1) is 14.2 Å². The Bertz CT molecular complexity index is 503. The van der Waals surface area contributed by atoms with Crippen molar-refractivity contribution in [2.24, 2.45) is 5.92 Å². The van der Waals surface area contributed by atoms with Gasteiger partial charge in [0.15, 0.2) is 0 Å². The van der Waals surface area contributed by atoms with Crippen molar-refractivity contribution in [1.82, 2.24) is 10.2 Å². The lowest BCUT2D eigenvalue weighted by molar-refractivity contribution is 0.0690. The van der Waals surface area contributed by atoms with E-state index in [1.54, 1.807) is 26.4 Å². The van der Waals surface area contributed by atoms with Gasteiger partial charge in [-0.05, 0) is 60.4 Å². The molecule has 0 spiro atoms. The van der Waals surface area contributed by atoms with Crippen LogP contribution in [0.25, 0.3) is 0 Å². The SMILES string of the molecule is CNCC1CCN(C(=O)c2cc(OC)c(Br)c(OC)c2)CC1. The Kier molecular flexibility index (Phi) is 6.08. The lowest BCUT2D eigenvalue weighted by atomic mass is 9.96. The molecule has 1 aliphatic heterocycles. The minimum Gasteiger partial charge on any atom is -0.495 e. The average Bonchev–Trinajstić information content (AvgIpc) is 2.55. The zero-order valence-electron chi connectivity index (χ0n) is 13.3. The number of hydrogen-bond acceptors (Lipinski definition) is 4. The molecule has 0 radical (unpaired) electrons. The molecule has 22 heavy (non-hydrogen) atoms. The number of nitrogens with one attached hydrogen (secondary N) is 1. The predicted octanol–water partition coefficient (Wildman–Crippen LogP) is 2.54. The van der Waals surface area contributed by atoms with Crippen LogP contribution in [0.15, 0.2) is 16.6 Å². The highest BCUT2D eigenvalue weighted by molar-refractivity contribution is 9.10. The van der Waals surface area contributed by atoms with Crippen LogP contribution in [0.5, 0.6) is 11.5 Å². The Hall–Kier alpha value is -1.27. The number of hydrogen-bond donors (Lipinski definition) is 1. The minimum atomic E-state index is 0.0343. The van der Waals surface area contributed by atoms with Crippen LogP contribution in [-0.4, -0.2) is 51.7 Å². The summed E-state index contributed by atoms with van der Waals surface area (Å²) in [7, 11) is 5.13. The van der Waals surface area contributed by atoms with E-state index < -0.39 is 0 Å². The van der Waals surface area contributed by atoms with Crippen LogP contribution in [-0.2, 0) is 0 Å². The Labute approximate surface area is 140 Å². The van der Waals surface area contributed by atoms with E-state index in [1.807, 2.05) is 11.9 Å². The van der Waals surface area contributed by atoms with Gasteiger partial charge in [-0.25, -0.2) is 0 Å². The van der Waals surface area contributed by atoms with E-state index >= 15 is 0 Å². The maximum absolute atomic E-state index is 12.7. The number of amides is 1. The number of benzene rings is 1. The first-order valence-electron chi connectivity index (χ1n) is 7.46. The first-order valence-corrected chi connectivity index (χ1v) is 8.25. The van der Waals surface area contributed by atoms with Gasteiger partial charge in [0.2, 0.25) is 0 Å². The number of rotatable bonds is 5. The van der Waals surface area contributed by atoms with Gasteiger partial charge in [-0.15, -0.1) is 0 Å². The molecule has 0 aromatic heterocycles. The Morgan fingerprint density at radius 1 is 1.27 bits per heavy atom. The highest BCUT2D eigenvalue weighted by Crippen LogP contribution is 2.36. The summed E-state index contributed by atoms with van der Waals surface area (Å²) in [5, 5.41) is 3.21. The summed E-state index contributed by atoms with van der Waals surface area (Å²) in [4.78, 5) is 14.6. The fraction of sp³-hybridized carbons (Fsp3) is 0.562. The molecular formula is C16H23BrN2O3. The Balaban J connectivity index is 2.13. The summed E-state index contributed by atoms with van der Waals surface area (Å²) in [5.74, 6) is 1.90. The predicted molar refractivity (Wildman–Crippen MR) is 89.8 cm³/mol. The number of carbonyl (C=O) groups excluding carboxylic acids is 1. The molecule has 0 unspecified atom stereocenters. The summed E-state index contributed by atoms with van der Waals surface area (Å²) < 4.78 is 11.3. The van der Waals surface area contributed by atoms with Gasteiger partial charge in [-0.1, -0.05) is 0 Å². The van der Waals surface area contributed by atoms with Crippen molar-refractivity contribution in [1.29, 1.82) is 0 Å². The molecule has 1 aromatic rings. The molecule has 1 saturated heterocycles. The van der Waals surface area contributed by atoms with Crippen LogP contribution in [0.2, 0.25) is 0 Å². The van der Waals surface area contributed by atoms with Crippen LogP contribution in [0.1, 0.15) is 23.2 Å². The molecule has 1 N–H and O–H groups in total. The van der Waals surface area contributed by atoms with Gasteiger partial charge in [-0.3, -0.25) is 4.79 Å². The van der Waals surface area contributed by atoms with Crippen molar-refractivity contribution < 1.29 is 14.3 Å². The second-order valence-corrected chi connectivity index (χ2v) is 6.28. The third-order valence-electron chi connectivity index (χ3n) is 4.09. The lowest BCUT2D eigenvalue weighted by Crippen LogP contribution is -2.40. The van der Waals surface area contributed by atoms with E-state index in [-0.39, 0.29) is 5.91 Å². The second kappa shape index (κ2) is 7.83. The summed E-state index contributed by atoms with van der Waals surface area (Å²) in [6.07, 6.45) is 2.08. The molecule has 0 bridgehead atoms. The molecule has 1 aliphatic rings. The van der Waals surface area contributed by atoms with Gasteiger partial charge in [0.25, 0.3) is 5.91 Å². The number of ether oxygens (including phenoxy) is 2. The van der Waals surface area contributed by atoms with Crippen molar-refractivity contribution in [2.45, 2.75) is 12.8 Å². The average molecular weight is 371 g/mol. The molecule has 1 aromatic carbocycles. The smallest absolute Gasteiger partial charge is 0.254 e. The third-order valence-corrected chi connectivity index (χ3v) is 4.87. The van der Waals surface area contributed by atoms with E-state index in [0.717, 1.165) is 36.9 Å². The van der Waals surface area contributed by atoms with Crippen molar-refractivity contribution >= 4 is 21.8 Å². The van der Waals surface area contributed by atoms with Crippen molar-refractivity contribution in [3.05, 3.63) is 22.2 Å². The topological polar surface area (TPSA) is 50.8 Å². The number of halogens is 1. The largest absolute Gasteiger partial charge is 0.495 e. The Morgan fingerprint density at radius 3 is 2.27 bits per heavy atom. The van der Waals surface area contributed by atoms with Crippen LogP contribution in [0.4, 0.5) is 0 Å². The van der Waals surface area contributed by atoms with Crippen LogP contribution >= 0.6 is 15.9 Å². The van der Waals surface area contributed by atoms with Gasteiger partial charge < -0.3 is 19.7 Å². The molecule has 0 atom stereocenters. The fourth-order valence-electron chi connectivity index (χ4n) is 2.80. The number of nitrogens with zero attached hydrogens (tertiary/aromatic N) is 1. The molecule has 1 heterocycles. The molecule has 6 heteroatoms. The molecular weight excluding hydrogens is 348 g/mol.